The third kappa shape index (κ3) is 2.81. The van der Waals surface area contributed by atoms with E-state index in [0.29, 0.717) is 6.42 Å². The van der Waals surface area contributed by atoms with Gasteiger partial charge in [0, 0.05) is 0 Å². The number of hydrogen-bond donors (Lipinski definition) is 1. The SMILES string of the molecule is C=CCC[C@H](O)[C@H]1CCC2=Cc3c(cnn3C3C=CC(F)=CC3)C[C@@]21C. The van der Waals surface area contributed by atoms with Gasteiger partial charge in [-0.3, -0.25) is 4.68 Å². The van der Waals surface area contributed by atoms with Gasteiger partial charge in [0.15, 0.2) is 0 Å². The van der Waals surface area contributed by atoms with Crippen molar-refractivity contribution in [3.8, 4) is 0 Å². The molecule has 0 aromatic carbocycles. The van der Waals surface area contributed by atoms with Crippen LogP contribution in [0.5, 0.6) is 0 Å². The number of allylic oxidation sites excluding steroid dienone is 6. The molecule has 0 spiro atoms. The number of aliphatic hydroxyl groups is 1. The maximum absolute atomic E-state index is 13.3. The fourth-order valence-corrected chi connectivity index (χ4v) is 5.03. The lowest BCUT2D eigenvalue weighted by molar-refractivity contribution is 0.0505. The van der Waals surface area contributed by atoms with Gasteiger partial charge in [-0.05, 0) is 73.6 Å². The highest BCUT2D eigenvalue weighted by molar-refractivity contribution is 5.60. The van der Waals surface area contributed by atoms with Crippen LogP contribution in [0.25, 0.3) is 6.08 Å². The average molecular weight is 354 g/mol. The molecule has 1 saturated carbocycles. The van der Waals surface area contributed by atoms with Crippen molar-refractivity contribution in [2.24, 2.45) is 11.3 Å². The molecule has 1 fully saturated rings. The predicted molar refractivity (Wildman–Crippen MR) is 102 cm³/mol. The lowest BCUT2D eigenvalue weighted by Gasteiger charge is -2.38. The molecule has 3 aliphatic rings. The van der Waals surface area contributed by atoms with Gasteiger partial charge < -0.3 is 5.11 Å². The van der Waals surface area contributed by atoms with Gasteiger partial charge in [-0.1, -0.05) is 24.6 Å². The third-order valence-electron chi connectivity index (χ3n) is 6.54. The van der Waals surface area contributed by atoms with Crippen molar-refractivity contribution < 1.29 is 9.50 Å². The molecule has 1 aromatic rings. The highest BCUT2D eigenvalue weighted by Crippen LogP contribution is 2.54. The zero-order valence-corrected chi connectivity index (χ0v) is 15.4. The number of nitrogens with zero attached hydrogens (tertiary/aromatic N) is 2. The minimum Gasteiger partial charge on any atom is -0.393 e. The molecule has 4 atom stereocenters. The first kappa shape index (κ1) is 17.5. The molecule has 0 radical (unpaired) electrons. The Bertz CT molecular complexity index is 803. The summed E-state index contributed by atoms with van der Waals surface area (Å²) < 4.78 is 15.3. The quantitative estimate of drug-likeness (QED) is 0.762. The summed E-state index contributed by atoms with van der Waals surface area (Å²) in [5, 5.41) is 15.3. The molecular formula is C22H27FN2O. The van der Waals surface area contributed by atoms with Crippen LogP contribution in [0.15, 0.2) is 48.5 Å². The molecule has 0 amide bonds. The lowest BCUT2D eigenvalue weighted by Crippen LogP contribution is -2.36. The van der Waals surface area contributed by atoms with Crippen LogP contribution < -0.4 is 0 Å². The molecule has 0 aliphatic heterocycles. The highest BCUT2D eigenvalue weighted by atomic mass is 19.1. The Morgan fingerprint density at radius 2 is 2.38 bits per heavy atom. The number of halogens is 1. The minimum atomic E-state index is -0.283. The molecule has 1 unspecified atom stereocenters. The van der Waals surface area contributed by atoms with E-state index in [4.69, 9.17) is 0 Å². The van der Waals surface area contributed by atoms with E-state index in [9.17, 15) is 9.50 Å². The number of rotatable bonds is 5. The lowest BCUT2D eigenvalue weighted by atomic mass is 9.67. The van der Waals surface area contributed by atoms with E-state index in [1.807, 2.05) is 23.0 Å². The van der Waals surface area contributed by atoms with Crippen molar-refractivity contribution in [1.29, 1.82) is 0 Å². The normalized spacial score (nSPS) is 31.0. The first-order valence-electron chi connectivity index (χ1n) is 9.63. The molecule has 1 heterocycles. The molecule has 26 heavy (non-hydrogen) atoms. The highest BCUT2D eigenvalue weighted by Gasteiger charge is 2.48. The minimum absolute atomic E-state index is 0.00979. The molecule has 1 N–H and O–H groups in total. The number of hydrogen-bond acceptors (Lipinski definition) is 2. The molecule has 138 valence electrons. The van der Waals surface area contributed by atoms with Crippen molar-refractivity contribution in [2.45, 2.75) is 57.6 Å². The zero-order chi connectivity index (χ0) is 18.3. The second kappa shape index (κ2) is 6.66. The van der Waals surface area contributed by atoms with Gasteiger partial charge in [0.25, 0.3) is 0 Å². The van der Waals surface area contributed by atoms with Gasteiger partial charge in [0.1, 0.15) is 5.83 Å². The predicted octanol–water partition coefficient (Wildman–Crippen LogP) is 4.92. The largest absolute Gasteiger partial charge is 0.393 e. The molecule has 4 rings (SSSR count). The summed E-state index contributed by atoms with van der Waals surface area (Å²) in [4.78, 5) is 0. The van der Waals surface area contributed by atoms with E-state index < -0.39 is 0 Å². The van der Waals surface area contributed by atoms with E-state index in [1.165, 1.54) is 17.2 Å². The maximum Gasteiger partial charge on any atom is 0.119 e. The molecular weight excluding hydrogens is 327 g/mol. The Morgan fingerprint density at radius 1 is 1.54 bits per heavy atom. The Balaban J connectivity index is 1.61. The summed E-state index contributed by atoms with van der Waals surface area (Å²) in [6, 6.07) is 0.0786. The number of aromatic nitrogens is 2. The van der Waals surface area contributed by atoms with E-state index in [2.05, 4.69) is 24.7 Å². The summed E-state index contributed by atoms with van der Waals surface area (Å²) in [5.41, 5.74) is 3.83. The van der Waals surface area contributed by atoms with Crippen molar-refractivity contribution in [2.75, 3.05) is 0 Å². The molecule has 3 aliphatic carbocycles. The fourth-order valence-electron chi connectivity index (χ4n) is 5.03. The monoisotopic (exact) mass is 354 g/mol. The van der Waals surface area contributed by atoms with E-state index in [1.54, 1.807) is 6.08 Å². The van der Waals surface area contributed by atoms with E-state index >= 15 is 0 Å². The van der Waals surface area contributed by atoms with Crippen LogP contribution in [-0.2, 0) is 6.42 Å². The van der Waals surface area contributed by atoms with Gasteiger partial charge in [0.05, 0.1) is 24.0 Å². The first-order valence-corrected chi connectivity index (χ1v) is 9.63. The third-order valence-corrected chi connectivity index (χ3v) is 6.54. The Labute approximate surface area is 154 Å². The first-order chi connectivity index (χ1) is 12.5. The molecule has 0 bridgehead atoms. The summed E-state index contributed by atoms with van der Waals surface area (Å²) in [6.07, 6.45) is 16.2. The fraction of sp³-hybridized carbons (Fsp3) is 0.500. The van der Waals surface area contributed by atoms with Crippen LogP contribution in [0.2, 0.25) is 0 Å². The summed E-state index contributed by atoms with van der Waals surface area (Å²) >= 11 is 0. The van der Waals surface area contributed by atoms with Crippen LogP contribution in [0.4, 0.5) is 4.39 Å². The van der Waals surface area contributed by atoms with Gasteiger partial charge in [-0.15, -0.1) is 6.58 Å². The zero-order valence-electron chi connectivity index (χ0n) is 15.4. The van der Waals surface area contributed by atoms with Crippen molar-refractivity contribution >= 4 is 6.08 Å². The van der Waals surface area contributed by atoms with Gasteiger partial charge in [-0.2, -0.15) is 5.10 Å². The van der Waals surface area contributed by atoms with Crippen LogP contribution in [0, 0.1) is 11.3 Å². The summed E-state index contributed by atoms with van der Waals surface area (Å²) in [6.45, 7) is 6.07. The number of fused-ring (bicyclic) bond motifs is 2. The van der Waals surface area contributed by atoms with Gasteiger partial charge in [0.2, 0.25) is 0 Å². The Hall–Kier alpha value is -1.94. The summed E-state index contributed by atoms with van der Waals surface area (Å²) in [7, 11) is 0. The van der Waals surface area contributed by atoms with Crippen molar-refractivity contribution in [3.63, 3.8) is 0 Å². The summed E-state index contributed by atoms with van der Waals surface area (Å²) in [5.74, 6) is 0.122. The van der Waals surface area contributed by atoms with Gasteiger partial charge >= 0.3 is 0 Å². The standard InChI is InChI=1S/C22H27FN2O/c1-3-4-5-21(26)19-11-6-16-12-20-15(13-22(16,19)2)14-24-25(20)18-9-7-17(23)8-10-18/h3,7-9,12,14,18-19,21,26H,1,4-6,10-11,13H2,2H3/t18?,19-,21+,22+/m1/s1. The van der Waals surface area contributed by atoms with Crippen LogP contribution in [0.3, 0.4) is 0 Å². The molecule has 0 saturated heterocycles. The average Bonchev–Trinajstić information content (AvgIpc) is 3.18. The second-order valence-corrected chi connectivity index (χ2v) is 8.09. The van der Waals surface area contributed by atoms with Gasteiger partial charge in [-0.25, -0.2) is 4.39 Å². The maximum atomic E-state index is 13.3. The molecule has 3 nitrogen and oxygen atoms in total. The smallest absolute Gasteiger partial charge is 0.119 e. The molecule has 4 heteroatoms. The number of aliphatic hydroxyl groups excluding tert-OH is 1. The van der Waals surface area contributed by atoms with E-state index in [-0.39, 0.29) is 29.3 Å². The van der Waals surface area contributed by atoms with E-state index in [0.717, 1.165) is 37.8 Å². The van der Waals surface area contributed by atoms with Crippen molar-refractivity contribution in [1.82, 2.24) is 9.78 Å². The Morgan fingerprint density at radius 3 is 3.12 bits per heavy atom. The van der Waals surface area contributed by atoms with Crippen molar-refractivity contribution in [3.05, 3.63) is 59.7 Å². The topological polar surface area (TPSA) is 38.1 Å². The van der Waals surface area contributed by atoms with Crippen LogP contribution >= 0.6 is 0 Å². The second-order valence-electron chi connectivity index (χ2n) is 8.09. The van der Waals surface area contributed by atoms with Crippen LogP contribution in [0.1, 0.15) is 56.3 Å². The van der Waals surface area contributed by atoms with Crippen LogP contribution in [-0.4, -0.2) is 21.0 Å². The Kier molecular flexibility index (Phi) is 4.47. The molecule has 1 aromatic heterocycles.